The van der Waals surface area contributed by atoms with Gasteiger partial charge in [0.15, 0.2) is 0 Å². The molecule has 2 N–H and O–H groups in total. The van der Waals surface area contributed by atoms with E-state index in [1.807, 2.05) is 0 Å². The molecule has 11 heavy (non-hydrogen) atoms. The maximum Gasteiger partial charge on any atom is 0.222 e. The van der Waals surface area contributed by atoms with Crippen LogP contribution in [0.15, 0.2) is 0 Å². The van der Waals surface area contributed by atoms with Crippen molar-refractivity contribution >= 4 is 5.95 Å². The average molecular weight is 156 g/mol. The monoisotopic (exact) mass is 156 g/mol. The quantitative estimate of drug-likeness (QED) is 0.581. The lowest BCUT2D eigenvalue weighted by atomic mass is 10.1. The van der Waals surface area contributed by atoms with Crippen LogP contribution in [-0.4, -0.2) is 20.9 Å². The summed E-state index contributed by atoms with van der Waals surface area (Å²) in [5, 5.41) is 7.47. The van der Waals surface area contributed by atoms with Gasteiger partial charge in [-0.1, -0.05) is 0 Å². The smallest absolute Gasteiger partial charge is 0.222 e. The van der Waals surface area contributed by atoms with Gasteiger partial charge in [0.2, 0.25) is 5.95 Å². The van der Waals surface area contributed by atoms with Crippen LogP contribution in [0.4, 0.5) is 10.3 Å². The number of anilines is 1. The van der Waals surface area contributed by atoms with Crippen LogP contribution in [0, 0.1) is 0 Å². The number of aromatic nitrogens is 3. The van der Waals surface area contributed by atoms with E-state index in [4.69, 9.17) is 5.73 Å². The second-order valence-electron chi connectivity index (χ2n) is 2.72. The summed E-state index contributed by atoms with van der Waals surface area (Å²) >= 11 is 0. The minimum absolute atomic E-state index is 0.314. The molecule has 0 radical (unpaired) electrons. The Morgan fingerprint density at radius 2 is 2.36 bits per heavy atom. The van der Waals surface area contributed by atoms with Gasteiger partial charge in [-0.3, -0.25) is 4.57 Å². The Morgan fingerprint density at radius 1 is 1.55 bits per heavy atom. The lowest BCUT2D eigenvalue weighted by Crippen LogP contribution is -2.22. The summed E-state index contributed by atoms with van der Waals surface area (Å²) < 4.78 is 14.4. The van der Waals surface area contributed by atoms with Gasteiger partial charge >= 0.3 is 0 Å². The van der Waals surface area contributed by atoms with Crippen LogP contribution in [0.5, 0.6) is 0 Å². The molecule has 0 fully saturated rings. The molecule has 0 saturated carbocycles. The van der Waals surface area contributed by atoms with Crippen LogP contribution in [0.3, 0.4) is 0 Å². The van der Waals surface area contributed by atoms with Crippen LogP contribution < -0.4 is 5.73 Å². The lowest BCUT2D eigenvalue weighted by Gasteiger charge is -2.16. The molecule has 60 valence electrons. The van der Waals surface area contributed by atoms with Crippen molar-refractivity contribution in [3.63, 3.8) is 0 Å². The molecular formula is C6H9FN4. The third-order valence-electron chi connectivity index (χ3n) is 1.92. The average Bonchev–Trinajstić information content (AvgIpc) is 2.33. The number of aryl methyl sites for hydroxylation is 1. The molecule has 1 unspecified atom stereocenters. The zero-order valence-corrected chi connectivity index (χ0v) is 6.00. The number of fused-ring (bicyclic) bond motifs is 1. The van der Waals surface area contributed by atoms with Gasteiger partial charge in [0.1, 0.15) is 12.0 Å². The largest absolute Gasteiger partial charge is 0.368 e. The SMILES string of the molecule is Nc1nnc2n1CC(F)CC2. The highest BCUT2D eigenvalue weighted by Gasteiger charge is 2.20. The molecule has 2 heterocycles. The minimum atomic E-state index is -0.791. The Kier molecular flexibility index (Phi) is 1.30. The van der Waals surface area contributed by atoms with Crippen molar-refractivity contribution in [1.29, 1.82) is 0 Å². The van der Waals surface area contributed by atoms with Crippen LogP contribution >= 0.6 is 0 Å². The number of rotatable bonds is 0. The predicted octanol–water partition coefficient (Wildman–Crippen LogP) is 0.145. The fourth-order valence-corrected chi connectivity index (χ4v) is 1.31. The molecular weight excluding hydrogens is 147 g/mol. The van der Waals surface area contributed by atoms with E-state index < -0.39 is 6.17 Å². The van der Waals surface area contributed by atoms with Crippen LogP contribution in [-0.2, 0) is 13.0 Å². The van der Waals surface area contributed by atoms with Crippen molar-refractivity contribution in [1.82, 2.24) is 14.8 Å². The molecule has 1 aromatic heterocycles. The lowest BCUT2D eigenvalue weighted by molar-refractivity contribution is 0.255. The van der Waals surface area contributed by atoms with Gasteiger partial charge in [0, 0.05) is 6.42 Å². The van der Waals surface area contributed by atoms with Crippen molar-refractivity contribution in [2.75, 3.05) is 5.73 Å². The summed E-state index contributed by atoms with van der Waals surface area (Å²) in [4.78, 5) is 0. The fourth-order valence-electron chi connectivity index (χ4n) is 1.31. The topological polar surface area (TPSA) is 56.7 Å². The molecule has 2 rings (SSSR count). The van der Waals surface area contributed by atoms with Crippen molar-refractivity contribution in [2.45, 2.75) is 25.6 Å². The molecule has 4 nitrogen and oxygen atoms in total. The van der Waals surface area contributed by atoms with E-state index in [0.29, 0.717) is 25.3 Å². The van der Waals surface area contributed by atoms with Crippen molar-refractivity contribution in [2.24, 2.45) is 0 Å². The van der Waals surface area contributed by atoms with Gasteiger partial charge in [-0.25, -0.2) is 4.39 Å². The van der Waals surface area contributed by atoms with Gasteiger partial charge in [-0.15, -0.1) is 10.2 Å². The molecule has 1 aromatic rings. The van der Waals surface area contributed by atoms with E-state index in [9.17, 15) is 4.39 Å². The molecule has 1 aliphatic rings. The molecule has 0 amide bonds. The van der Waals surface area contributed by atoms with E-state index in [1.165, 1.54) is 0 Å². The van der Waals surface area contributed by atoms with E-state index in [0.717, 1.165) is 5.82 Å². The first-order valence-corrected chi connectivity index (χ1v) is 3.59. The van der Waals surface area contributed by atoms with Gasteiger partial charge in [-0.05, 0) is 6.42 Å². The van der Waals surface area contributed by atoms with Gasteiger partial charge in [0.05, 0.1) is 6.54 Å². The zero-order chi connectivity index (χ0) is 7.84. The first-order valence-electron chi connectivity index (χ1n) is 3.59. The van der Waals surface area contributed by atoms with E-state index in [1.54, 1.807) is 4.57 Å². The Bertz CT molecular complexity index is 270. The second kappa shape index (κ2) is 2.18. The van der Waals surface area contributed by atoms with Crippen molar-refractivity contribution < 1.29 is 4.39 Å². The fraction of sp³-hybridized carbons (Fsp3) is 0.667. The van der Waals surface area contributed by atoms with E-state index >= 15 is 0 Å². The Balaban J connectivity index is 2.37. The van der Waals surface area contributed by atoms with Crippen LogP contribution in [0.1, 0.15) is 12.2 Å². The normalized spacial score (nSPS) is 23.2. The summed E-state index contributed by atoms with van der Waals surface area (Å²) in [7, 11) is 0. The number of hydrogen-bond acceptors (Lipinski definition) is 3. The third-order valence-corrected chi connectivity index (χ3v) is 1.92. The predicted molar refractivity (Wildman–Crippen MR) is 37.7 cm³/mol. The molecule has 0 bridgehead atoms. The van der Waals surface area contributed by atoms with Crippen LogP contribution in [0.2, 0.25) is 0 Å². The second-order valence-corrected chi connectivity index (χ2v) is 2.72. The highest BCUT2D eigenvalue weighted by Crippen LogP contribution is 2.17. The van der Waals surface area contributed by atoms with Gasteiger partial charge in [-0.2, -0.15) is 0 Å². The van der Waals surface area contributed by atoms with Gasteiger partial charge in [0.25, 0.3) is 0 Å². The maximum absolute atomic E-state index is 12.8. The third kappa shape index (κ3) is 0.961. The van der Waals surface area contributed by atoms with Crippen molar-refractivity contribution in [3.05, 3.63) is 5.82 Å². The summed E-state index contributed by atoms with van der Waals surface area (Å²) in [6.07, 6.45) is 0.393. The van der Waals surface area contributed by atoms with E-state index in [2.05, 4.69) is 10.2 Å². The maximum atomic E-state index is 12.8. The Hall–Kier alpha value is -1.13. The number of hydrogen-bond donors (Lipinski definition) is 1. The molecule has 0 aliphatic carbocycles. The molecule has 0 spiro atoms. The van der Waals surface area contributed by atoms with Crippen LogP contribution in [0.25, 0.3) is 0 Å². The molecule has 1 atom stereocenters. The first kappa shape index (κ1) is 6.57. The first-order chi connectivity index (χ1) is 5.27. The highest BCUT2D eigenvalue weighted by molar-refractivity contribution is 5.18. The standard InChI is InChI=1S/C6H9FN4/c7-4-1-2-5-9-10-6(8)11(5)3-4/h4H,1-3H2,(H2,8,10). The summed E-state index contributed by atoms with van der Waals surface area (Å²) in [5.74, 6) is 1.12. The zero-order valence-electron chi connectivity index (χ0n) is 6.00. The molecule has 0 aromatic carbocycles. The Labute approximate surface area is 63.2 Å². The number of alkyl halides is 1. The summed E-state index contributed by atoms with van der Waals surface area (Å²) in [5.41, 5.74) is 5.45. The Morgan fingerprint density at radius 3 is 3.18 bits per heavy atom. The minimum Gasteiger partial charge on any atom is -0.368 e. The highest BCUT2D eigenvalue weighted by atomic mass is 19.1. The number of halogens is 1. The number of nitrogens with zero attached hydrogens (tertiary/aromatic N) is 3. The van der Waals surface area contributed by atoms with Gasteiger partial charge < -0.3 is 5.73 Å². The number of nitrogen functional groups attached to an aromatic ring is 1. The number of nitrogens with two attached hydrogens (primary N) is 1. The molecule has 0 saturated heterocycles. The molecule has 5 heteroatoms. The van der Waals surface area contributed by atoms with Crippen molar-refractivity contribution in [3.8, 4) is 0 Å². The molecule has 1 aliphatic heterocycles. The van der Waals surface area contributed by atoms with E-state index in [-0.39, 0.29) is 0 Å². The summed E-state index contributed by atoms with van der Waals surface area (Å²) in [6.45, 7) is 0.314. The summed E-state index contributed by atoms with van der Waals surface area (Å²) in [6, 6.07) is 0.